The summed E-state index contributed by atoms with van der Waals surface area (Å²) >= 11 is 0. The number of fused-ring (bicyclic) bond motifs is 1. The smallest absolute Gasteiger partial charge is 0.376 e. The van der Waals surface area contributed by atoms with Gasteiger partial charge in [-0.3, -0.25) is 4.98 Å². The molecule has 0 amide bonds. The van der Waals surface area contributed by atoms with E-state index in [0.29, 0.717) is 11.0 Å². The van der Waals surface area contributed by atoms with Gasteiger partial charge in [-0.05, 0) is 25.0 Å². The van der Waals surface area contributed by atoms with E-state index in [-0.39, 0.29) is 17.1 Å². The minimum Gasteiger partial charge on any atom is -0.463 e. The molecule has 0 aromatic carbocycles. The van der Waals surface area contributed by atoms with Gasteiger partial charge in [0.05, 0.1) is 18.2 Å². The van der Waals surface area contributed by atoms with Crippen LogP contribution in [-0.4, -0.2) is 33.0 Å². The van der Waals surface area contributed by atoms with E-state index in [1.165, 1.54) is 7.11 Å². The van der Waals surface area contributed by atoms with Gasteiger partial charge in [-0.15, -0.1) is 0 Å². The summed E-state index contributed by atoms with van der Waals surface area (Å²) in [6.45, 7) is 2.19. The molecular formula is C17H17N5O2. The minimum atomic E-state index is -0.614. The van der Waals surface area contributed by atoms with Crippen molar-refractivity contribution in [2.75, 3.05) is 12.8 Å². The number of ether oxygens (including phenoxy) is 1. The van der Waals surface area contributed by atoms with Gasteiger partial charge in [0.2, 0.25) is 5.82 Å². The summed E-state index contributed by atoms with van der Waals surface area (Å²) in [6.07, 6.45) is 3.90. The van der Waals surface area contributed by atoms with Gasteiger partial charge in [-0.1, -0.05) is 13.0 Å². The van der Waals surface area contributed by atoms with Crippen molar-refractivity contribution < 1.29 is 9.53 Å². The number of rotatable bonds is 3. The SMILES string of the molecule is COC(=O)c1nc(N)c2c(-c3ccccn3)c(C3(C)CC3)[nH]c2n1. The molecule has 3 aromatic heterocycles. The first-order valence-corrected chi connectivity index (χ1v) is 7.73. The van der Waals surface area contributed by atoms with Crippen molar-refractivity contribution in [2.45, 2.75) is 25.2 Å². The molecule has 0 bridgehead atoms. The van der Waals surface area contributed by atoms with Crippen LogP contribution in [0, 0.1) is 0 Å². The normalized spacial score (nSPS) is 15.4. The second kappa shape index (κ2) is 5.02. The lowest BCUT2D eigenvalue weighted by molar-refractivity contribution is 0.0587. The number of esters is 1. The van der Waals surface area contributed by atoms with Gasteiger partial charge in [0.25, 0.3) is 0 Å². The van der Waals surface area contributed by atoms with Crippen molar-refractivity contribution in [1.82, 2.24) is 19.9 Å². The Morgan fingerprint density at radius 1 is 1.33 bits per heavy atom. The predicted octanol–water partition coefficient (Wildman–Crippen LogP) is 2.44. The van der Waals surface area contributed by atoms with Crippen LogP contribution >= 0.6 is 0 Å². The van der Waals surface area contributed by atoms with Crippen LogP contribution in [0.3, 0.4) is 0 Å². The number of pyridine rings is 1. The average Bonchev–Trinajstić information content (AvgIpc) is 3.21. The van der Waals surface area contributed by atoms with Crippen LogP contribution < -0.4 is 5.73 Å². The molecule has 7 heteroatoms. The maximum atomic E-state index is 11.8. The quantitative estimate of drug-likeness (QED) is 0.717. The topological polar surface area (TPSA) is 107 Å². The predicted molar refractivity (Wildman–Crippen MR) is 89.5 cm³/mol. The highest BCUT2D eigenvalue weighted by Gasteiger charge is 2.43. The van der Waals surface area contributed by atoms with Crippen molar-refractivity contribution in [3.05, 3.63) is 35.9 Å². The fourth-order valence-corrected chi connectivity index (χ4v) is 2.96. The van der Waals surface area contributed by atoms with Crippen LogP contribution in [0.5, 0.6) is 0 Å². The standard InChI is InChI=1S/C17H17N5O2/c1-17(6-7-17)12-10(9-5-3-4-8-19-9)11-13(18)21-15(16(23)24-2)22-14(11)20-12/h3-5,8H,6-7H2,1-2H3,(H3,18,20,21,22). The first kappa shape index (κ1) is 14.6. The Labute approximate surface area is 138 Å². The Morgan fingerprint density at radius 3 is 2.75 bits per heavy atom. The van der Waals surface area contributed by atoms with Crippen LogP contribution in [0.25, 0.3) is 22.3 Å². The molecular weight excluding hydrogens is 306 g/mol. The maximum Gasteiger partial charge on any atom is 0.376 e. The Hall–Kier alpha value is -2.96. The molecule has 24 heavy (non-hydrogen) atoms. The van der Waals surface area contributed by atoms with Crippen LogP contribution in [-0.2, 0) is 10.2 Å². The van der Waals surface area contributed by atoms with Crippen molar-refractivity contribution in [1.29, 1.82) is 0 Å². The molecule has 0 saturated heterocycles. The summed E-state index contributed by atoms with van der Waals surface area (Å²) in [5, 5.41) is 0.699. The van der Waals surface area contributed by atoms with Crippen molar-refractivity contribution in [2.24, 2.45) is 0 Å². The van der Waals surface area contributed by atoms with Crippen molar-refractivity contribution in [3.63, 3.8) is 0 Å². The zero-order valence-corrected chi connectivity index (χ0v) is 13.5. The number of carbonyl (C=O) groups excluding carboxylic acids is 1. The fraction of sp³-hybridized carbons (Fsp3) is 0.294. The van der Waals surface area contributed by atoms with E-state index >= 15 is 0 Å². The molecule has 1 aliphatic rings. The van der Waals surface area contributed by atoms with Crippen LogP contribution in [0.15, 0.2) is 24.4 Å². The van der Waals surface area contributed by atoms with E-state index in [4.69, 9.17) is 10.5 Å². The number of carbonyl (C=O) groups is 1. The lowest BCUT2D eigenvalue weighted by atomic mass is 9.97. The first-order valence-electron chi connectivity index (χ1n) is 7.73. The third-order valence-corrected chi connectivity index (χ3v) is 4.57. The summed E-state index contributed by atoms with van der Waals surface area (Å²) in [5.74, 6) is -0.423. The highest BCUT2D eigenvalue weighted by Crippen LogP contribution is 2.52. The molecule has 3 heterocycles. The summed E-state index contributed by atoms with van der Waals surface area (Å²) in [4.78, 5) is 28.0. The van der Waals surface area contributed by atoms with E-state index in [9.17, 15) is 4.79 Å². The Morgan fingerprint density at radius 2 is 2.12 bits per heavy atom. The van der Waals surface area contributed by atoms with Gasteiger partial charge in [0, 0.05) is 22.9 Å². The maximum absolute atomic E-state index is 11.8. The second-order valence-electron chi connectivity index (χ2n) is 6.30. The summed E-state index contributed by atoms with van der Waals surface area (Å²) in [6, 6.07) is 5.73. The number of nitrogen functional groups attached to an aromatic ring is 1. The van der Waals surface area contributed by atoms with E-state index in [2.05, 4.69) is 26.9 Å². The Kier molecular flexibility index (Phi) is 3.06. The highest BCUT2D eigenvalue weighted by molar-refractivity contribution is 6.03. The number of nitrogens with one attached hydrogen (secondary N) is 1. The third kappa shape index (κ3) is 2.12. The van der Waals surface area contributed by atoms with E-state index in [0.717, 1.165) is 29.8 Å². The number of hydrogen-bond acceptors (Lipinski definition) is 6. The first-order chi connectivity index (χ1) is 11.5. The molecule has 0 aliphatic heterocycles. The second-order valence-corrected chi connectivity index (χ2v) is 6.30. The van der Waals surface area contributed by atoms with E-state index in [1.807, 2.05) is 18.2 Å². The third-order valence-electron chi connectivity index (χ3n) is 4.57. The Balaban J connectivity index is 2.03. The van der Waals surface area contributed by atoms with Crippen molar-refractivity contribution in [3.8, 4) is 11.3 Å². The van der Waals surface area contributed by atoms with Crippen LogP contribution in [0.4, 0.5) is 5.82 Å². The fourth-order valence-electron chi connectivity index (χ4n) is 2.96. The van der Waals surface area contributed by atoms with E-state index < -0.39 is 5.97 Å². The van der Waals surface area contributed by atoms with Crippen LogP contribution in [0.1, 0.15) is 36.1 Å². The molecule has 122 valence electrons. The van der Waals surface area contributed by atoms with E-state index in [1.54, 1.807) is 6.20 Å². The van der Waals surface area contributed by atoms with Crippen molar-refractivity contribution >= 4 is 22.8 Å². The molecule has 1 fully saturated rings. The molecule has 0 atom stereocenters. The molecule has 1 saturated carbocycles. The molecule has 3 N–H and O–H groups in total. The lowest BCUT2D eigenvalue weighted by Crippen LogP contribution is -2.09. The minimum absolute atomic E-state index is 0.0470. The number of nitrogens with two attached hydrogens (primary N) is 1. The van der Waals surface area contributed by atoms with Gasteiger partial charge >= 0.3 is 5.97 Å². The number of hydrogen-bond donors (Lipinski definition) is 2. The van der Waals surface area contributed by atoms with Gasteiger partial charge in [-0.25, -0.2) is 14.8 Å². The monoisotopic (exact) mass is 323 g/mol. The van der Waals surface area contributed by atoms with Gasteiger partial charge in [-0.2, -0.15) is 0 Å². The molecule has 0 spiro atoms. The Bertz CT molecular complexity index is 945. The van der Waals surface area contributed by atoms with Crippen LogP contribution in [0.2, 0.25) is 0 Å². The summed E-state index contributed by atoms with van der Waals surface area (Å²) in [7, 11) is 1.29. The molecule has 3 aromatic rings. The zero-order valence-electron chi connectivity index (χ0n) is 13.5. The average molecular weight is 323 g/mol. The highest BCUT2D eigenvalue weighted by atomic mass is 16.5. The van der Waals surface area contributed by atoms with Gasteiger partial charge in [0.15, 0.2) is 0 Å². The molecule has 1 aliphatic carbocycles. The molecule has 0 unspecified atom stereocenters. The molecule has 0 radical (unpaired) electrons. The number of aromatic nitrogens is 4. The lowest BCUT2D eigenvalue weighted by Gasteiger charge is -2.10. The number of methoxy groups -OCH3 is 1. The molecule has 7 nitrogen and oxygen atoms in total. The van der Waals surface area contributed by atoms with Gasteiger partial charge in [0.1, 0.15) is 11.5 Å². The largest absolute Gasteiger partial charge is 0.463 e. The number of anilines is 1. The zero-order chi connectivity index (χ0) is 16.9. The number of H-pyrrole nitrogens is 1. The summed E-state index contributed by atoms with van der Waals surface area (Å²) < 4.78 is 4.70. The van der Waals surface area contributed by atoms with Gasteiger partial charge < -0.3 is 15.5 Å². The summed E-state index contributed by atoms with van der Waals surface area (Å²) in [5.41, 5.74) is 9.51. The number of aromatic amines is 1. The molecule has 4 rings (SSSR count). The number of nitrogens with zero attached hydrogens (tertiary/aromatic N) is 3.